The van der Waals surface area contributed by atoms with Crippen molar-refractivity contribution >= 4 is 22.7 Å². The second-order valence-electron chi connectivity index (χ2n) is 3.60. The molecular weight excluding hydrogens is 232 g/mol. The fraction of sp³-hybridized carbons (Fsp3) is 0.231. The third kappa shape index (κ3) is 2.51. The minimum atomic E-state index is -0.502. The lowest BCUT2D eigenvalue weighted by molar-refractivity contribution is 0.168. The fourth-order valence-corrected chi connectivity index (χ4v) is 1.66. The van der Waals surface area contributed by atoms with E-state index in [-0.39, 0.29) is 0 Å². The molecule has 1 aromatic heterocycles. The zero-order valence-electron chi connectivity index (χ0n) is 10.3. The van der Waals surface area contributed by atoms with Crippen molar-refractivity contribution in [2.75, 3.05) is 19.0 Å². The Morgan fingerprint density at radius 1 is 1.44 bits per heavy atom. The molecule has 0 saturated heterocycles. The van der Waals surface area contributed by atoms with Gasteiger partial charge < -0.3 is 9.47 Å². The average Bonchev–Trinajstić information content (AvgIpc) is 2.38. The van der Waals surface area contributed by atoms with Crippen molar-refractivity contribution in [1.29, 1.82) is 0 Å². The Morgan fingerprint density at radius 2 is 2.28 bits per heavy atom. The van der Waals surface area contributed by atoms with Gasteiger partial charge in [-0.2, -0.15) is 0 Å². The SMILES string of the molecule is CCOC(=O)Nc1cc(OC)cc2cccnc12. The Hall–Kier alpha value is -2.30. The van der Waals surface area contributed by atoms with Crippen LogP contribution in [0.4, 0.5) is 10.5 Å². The van der Waals surface area contributed by atoms with E-state index < -0.39 is 6.09 Å². The van der Waals surface area contributed by atoms with E-state index in [1.807, 2.05) is 18.2 Å². The lowest BCUT2D eigenvalue weighted by Gasteiger charge is -2.10. The number of methoxy groups -OCH3 is 1. The predicted octanol–water partition coefficient (Wildman–Crippen LogP) is 2.81. The van der Waals surface area contributed by atoms with Crippen LogP contribution in [0.15, 0.2) is 30.5 Å². The number of rotatable bonds is 3. The van der Waals surface area contributed by atoms with Gasteiger partial charge in [0.2, 0.25) is 0 Å². The van der Waals surface area contributed by atoms with E-state index in [2.05, 4.69) is 10.3 Å². The summed E-state index contributed by atoms with van der Waals surface area (Å²) in [6.45, 7) is 2.07. The Balaban J connectivity index is 2.43. The topological polar surface area (TPSA) is 60.5 Å². The number of ether oxygens (including phenoxy) is 2. The van der Waals surface area contributed by atoms with E-state index >= 15 is 0 Å². The van der Waals surface area contributed by atoms with Crippen LogP contribution in [0.1, 0.15) is 6.92 Å². The van der Waals surface area contributed by atoms with Crippen molar-refractivity contribution < 1.29 is 14.3 Å². The molecule has 5 heteroatoms. The number of hydrogen-bond donors (Lipinski definition) is 1. The normalized spacial score (nSPS) is 10.1. The van der Waals surface area contributed by atoms with E-state index in [1.165, 1.54) is 0 Å². The molecule has 2 rings (SSSR count). The summed E-state index contributed by atoms with van der Waals surface area (Å²) in [4.78, 5) is 15.7. The minimum Gasteiger partial charge on any atom is -0.497 e. The van der Waals surface area contributed by atoms with Gasteiger partial charge in [0, 0.05) is 17.6 Å². The van der Waals surface area contributed by atoms with E-state index in [9.17, 15) is 4.79 Å². The quantitative estimate of drug-likeness (QED) is 0.904. The predicted molar refractivity (Wildman–Crippen MR) is 68.9 cm³/mol. The lowest BCUT2D eigenvalue weighted by atomic mass is 10.2. The van der Waals surface area contributed by atoms with E-state index in [0.29, 0.717) is 23.6 Å². The second kappa shape index (κ2) is 5.35. The average molecular weight is 246 g/mol. The van der Waals surface area contributed by atoms with Crippen LogP contribution in [0.5, 0.6) is 5.75 Å². The molecular formula is C13H14N2O3. The molecule has 94 valence electrons. The molecule has 0 atom stereocenters. The largest absolute Gasteiger partial charge is 0.497 e. The molecule has 18 heavy (non-hydrogen) atoms. The van der Waals surface area contributed by atoms with Crippen LogP contribution in [0, 0.1) is 0 Å². The van der Waals surface area contributed by atoms with Crippen molar-refractivity contribution in [3.05, 3.63) is 30.5 Å². The van der Waals surface area contributed by atoms with Gasteiger partial charge in [-0.15, -0.1) is 0 Å². The molecule has 0 radical (unpaired) electrons. The van der Waals surface area contributed by atoms with Gasteiger partial charge in [-0.05, 0) is 19.1 Å². The number of hydrogen-bond acceptors (Lipinski definition) is 4. The van der Waals surface area contributed by atoms with Gasteiger partial charge in [0.05, 0.1) is 24.9 Å². The highest BCUT2D eigenvalue weighted by molar-refractivity contribution is 5.98. The first-order valence-corrected chi connectivity index (χ1v) is 5.61. The molecule has 0 bridgehead atoms. The third-order valence-corrected chi connectivity index (χ3v) is 2.43. The highest BCUT2D eigenvalue weighted by Gasteiger charge is 2.09. The number of pyridine rings is 1. The first-order chi connectivity index (χ1) is 8.74. The Morgan fingerprint density at radius 3 is 3.00 bits per heavy atom. The van der Waals surface area contributed by atoms with Gasteiger partial charge in [0.1, 0.15) is 5.75 Å². The standard InChI is InChI=1S/C13H14N2O3/c1-3-18-13(16)15-11-8-10(17-2)7-9-5-4-6-14-12(9)11/h4-8H,3H2,1-2H3,(H,15,16). The van der Waals surface area contributed by atoms with Gasteiger partial charge in [0.25, 0.3) is 0 Å². The summed E-state index contributed by atoms with van der Waals surface area (Å²) in [7, 11) is 1.58. The molecule has 0 saturated carbocycles. The minimum absolute atomic E-state index is 0.321. The maximum absolute atomic E-state index is 11.5. The number of nitrogens with one attached hydrogen (secondary N) is 1. The molecule has 0 aliphatic heterocycles. The Labute approximate surface area is 105 Å². The van der Waals surface area contributed by atoms with Gasteiger partial charge in [-0.1, -0.05) is 6.07 Å². The summed E-state index contributed by atoms with van der Waals surface area (Å²) in [6, 6.07) is 7.31. The fourth-order valence-electron chi connectivity index (χ4n) is 1.66. The summed E-state index contributed by atoms with van der Waals surface area (Å²) in [6.07, 6.45) is 1.17. The first kappa shape index (κ1) is 12.2. The highest BCUT2D eigenvalue weighted by Crippen LogP contribution is 2.27. The molecule has 1 N–H and O–H groups in total. The van der Waals surface area contributed by atoms with Crippen LogP contribution >= 0.6 is 0 Å². The van der Waals surface area contributed by atoms with Crippen LogP contribution in [0.2, 0.25) is 0 Å². The monoisotopic (exact) mass is 246 g/mol. The first-order valence-electron chi connectivity index (χ1n) is 5.61. The molecule has 0 spiro atoms. The molecule has 1 aromatic carbocycles. The van der Waals surface area contributed by atoms with Crippen LogP contribution < -0.4 is 10.1 Å². The maximum Gasteiger partial charge on any atom is 0.411 e. The van der Waals surface area contributed by atoms with Gasteiger partial charge in [-0.3, -0.25) is 10.3 Å². The second-order valence-corrected chi connectivity index (χ2v) is 3.60. The van der Waals surface area contributed by atoms with E-state index in [0.717, 1.165) is 5.39 Å². The zero-order valence-corrected chi connectivity index (χ0v) is 10.3. The van der Waals surface area contributed by atoms with Crippen molar-refractivity contribution in [1.82, 2.24) is 4.98 Å². The number of carbonyl (C=O) groups is 1. The number of amides is 1. The number of anilines is 1. The summed E-state index contributed by atoms with van der Waals surface area (Å²) < 4.78 is 10.0. The van der Waals surface area contributed by atoms with Crippen molar-refractivity contribution in [2.24, 2.45) is 0 Å². The molecule has 0 aliphatic rings. The lowest BCUT2D eigenvalue weighted by Crippen LogP contribution is -2.13. The zero-order chi connectivity index (χ0) is 13.0. The number of benzene rings is 1. The molecule has 0 fully saturated rings. The summed E-state index contributed by atoms with van der Waals surface area (Å²) >= 11 is 0. The molecule has 1 amide bonds. The number of aromatic nitrogens is 1. The summed E-state index contributed by atoms with van der Waals surface area (Å²) in [5, 5.41) is 3.55. The number of nitrogens with zero attached hydrogens (tertiary/aromatic N) is 1. The van der Waals surface area contributed by atoms with Crippen molar-refractivity contribution in [3.63, 3.8) is 0 Å². The Bertz CT molecular complexity index is 569. The van der Waals surface area contributed by atoms with Gasteiger partial charge in [-0.25, -0.2) is 4.79 Å². The molecule has 0 unspecified atom stereocenters. The maximum atomic E-state index is 11.5. The molecule has 2 aromatic rings. The van der Waals surface area contributed by atoms with Crippen LogP contribution in [-0.4, -0.2) is 24.8 Å². The van der Waals surface area contributed by atoms with Crippen molar-refractivity contribution in [3.8, 4) is 5.75 Å². The molecule has 5 nitrogen and oxygen atoms in total. The highest BCUT2D eigenvalue weighted by atomic mass is 16.5. The number of carbonyl (C=O) groups excluding carboxylic acids is 1. The van der Waals surface area contributed by atoms with Gasteiger partial charge >= 0.3 is 6.09 Å². The third-order valence-electron chi connectivity index (χ3n) is 2.43. The number of fused-ring (bicyclic) bond motifs is 1. The molecule has 1 heterocycles. The van der Waals surface area contributed by atoms with Crippen LogP contribution in [-0.2, 0) is 4.74 Å². The Kier molecular flexibility index (Phi) is 3.62. The van der Waals surface area contributed by atoms with Crippen LogP contribution in [0.25, 0.3) is 10.9 Å². The van der Waals surface area contributed by atoms with E-state index in [1.54, 1.807) is 26.3 Å². The van der Waals surface area contributed by atoms with E-state index in [4.69, 9.17) is 9.47 Å². The molecule has 0 aliphatic carbocycles. The van der Waals surface area contributed by atoms with Crippen molar-refractivity contribution in [2.45, 2.75) is 6.92 Å². The summed E-state index contributed by atoms with van der Waals surface area (Å²) in [5.74, 6) is 0.655. The van der Waals surface area contributed by atoms with Gasteiger partial charge in [0.15, 0.2) is 0 Å². The van der Waals surface area contributed by atoms with Crippen LogP contribution in [0.3, 0.4) is 0 Å². The summed E-state index contributed by atoms with van der Waals surface area (Å²) in [5.41, 5.74) is 1.27. The smallest absolute Gasteiger partial charge is 0.411 e.